The minimum atomic E-state index is -0.351. The van der Waals surface area contributed by atoms with Gasteiger partial charge in [0.2, 0.25) is 5.91 Å². The van der Waals surface area contributed by atoms with E-state index in [1.165, 1.54) is 0 Å². The first-order chi connectivity index (χ1) is 9.11. The summed E-state index contributed by atoms with van der Waals surface area (Å²) in [7, 11) is 1.59. The van der Waals surface area contributed by atoms with Gasteiger partial charge in [0, 0.05) is 19.3 Å². The van der Waals surface area contributed by atoms with E-state index < -0.39 is 0 Å². The van der Waals surface area contributed by atoms with Crippen molar-refractivity contribution in [3.8, 4) is 0 Å². The average Bonchev–Trinajstić information content (AvgIpc) is 2.90. The van der Waals surface area contributed by atoms with Crippen LogP contribution in [0.1, 0.15) is 18.4 Å². The molecule has 1 unspecified atom stereocenters. The van der Waals surface area contributed by atoms with E-state index in [1.807, 2.05) is 31.2 Å². The number of nitrogens with one attached hydrogen (secondary N) is 2. The summed E-state index contributed by atoms with van der Waals surface area (Å²) in [4.78, 5) is 25.5. The number of hydrogen-bond acceptors (Lipinski definition) is 2. The third-order valence-corrected chi connectivity index (χ3v) is 3.37. The Balaban J connectivity index is 2.03. The zero-order valence-electron chi connectivity index (χ0n) is 11.3. The van der Waals surface area contributed by atoms with Crippen LogP contribution in [-0.4, -0.2) is 36.5 Å². The van der Waals surface area contributed by atoms with E-state index in [0.717, 1.165) is 24.1 Å². The highest BCUT2D eigenvalue weighted by Gasteiger charge is 2.33. The van der Waals surface area contributed by atoms with Crippen LogP contribution in [-0.2, 0) is 4.79 Å². The summed E-state index contributed by atoms with van der Waals surface area (Å²) in [6, 6.07) is 7.03. The molecule has 3 amide bonds. The Hall–Kier alpha value is -2.04. The molecule has 5 nitrogen and oxygen atoms in total. The standard InChI is InChI=1S/C14H19N3O2/c1-10-5-7-11(8-6-10)16-14(19)17-9-3-4-12(17)13(18)15-2/h5-8,12H,3-4,9H2,1-2H3,(H,15,18)(H,16,19). The Labute approximate surface area is 113 Å². The van der Waals surface area contributed by atoms with Crippen molar-refractivity contribution in [2.24, 2.45) is 0 Å². The van der Waals surface area contributed by atoms with E-state index in [2.05, 4.69) is 10.6 Å². The number of rotatable bonds is 2. The minimum absolute atomic E-state index is 0.100. The largest absolute Gasteiger partial charge is 0.357 e. The maximum atomic E-state index is 12.2. The van der Waals surface area contributed by atoms with E-state index >= 15 is 0 Å². The van der Waals surface area contributed by atoms with E-state index in [-0.39, 0.29) is 18.0 Å². The number of likely N-dealkylation sites (tertiary alicyclic amines) is 1. The van der Waals surface area contributed by atoms with Crippen LogP contribution in [0.5, 0.6) is 0 Å². The van der Waals surface area contributed by atoms with Crippen molar-refractivity contribution in [2.75, 3.05) is 18.9 Å². The summed E-state index contributed by atoms with van der Waals surface area (Å²) in [5.41, 5.74) is 1.89. The highest BCUT2D eigenvalue weighted by atomic mass is 16.2. The number of urea groups is 1. The summed E-state index contributed by atoms with van der Waals surface area (Å²) < 4.78 is 0. The lowest BCUT2D eigenvalue weighted by atomic mass is 10.2. The lowest BCUT2D eigenvalue weighted by Gasteiger charge is -2.23. The van der Waals surface area contributed by atoms with Gasteiger partial charge < -0.3 is 15.5 Å². The predicted molar refractivity (Wildman–Crippen MR) is 74.0 cm³/mol. The smallest absolute Gasteiger partial charge is 0.322 e. The molecule has 19 heavy (non-hydrogen) atoms. The number of benzene rings is 1. The number of carbonyl (C=O) groups excluding carboxylic acids is 2. The van der Waals surface area contributed by atoms with Gasteiger partial charge in [0.1, 0.15) is 6.04 Å². The van der Waals surface area contributed by atoms with Gasteiger partial charge >= 0.3 is 6.03 Å². The van der Waals surface area contributed by atoms with Crippen molar-refractivity contribution in [1.29, 1.82) is 0 Å². The second kappa shape index (κ2) is 5.73. The van der Waals surface area contributed by atoms with E-state index in [9.17, 15) is 9.59 Å². The Morgan fingerprint density at radius 1 is 1.26 bits per heavy atom. The lowest BCUT2D eigenvalue weighted by molar-refractivity contribution is -0.124. The van der Waals surface area contributed by atoms with Crippen molar-refractivity contribution < 1.29 is 9.59 Å². The molecule has 102 valence electrons. The molecule has 2 N–H and O–H groups in total. The number of likely N-dealkylation sites (N-methyl/N-ethyl adjacent to an activating group) is 1. The lowest BCUT2D eigenvalue weighted by Crippen LogP contribution is -2.46. The molecule has 0 radical (unpaired) electrons. The van der Waals surface area contributed by atoms with Gasteiger partial charge in [0.25, 0.3) is 0 Å². The van der Waals surface area contributed by atoms with Crippen LogP contribution in [0.3, 0.4) is 0 Å². The van der Waals surface area contributed by atoms with Crippen molar-refractivity contribution >= 4 is 17.6 Å². The van der Waals surface area contributed by atoms with E-state index in [0.29, 0.717) is 6.54 Å². The fraction of sp³-hybridized carbons (Fsp3) is 0.429. The van der Waals surface area contributed by atoms with Crippen molar-refractivity contribution in [1.82, 2.24) is 10.2 Å². The van der Waals surface area contributed by atoms with Gasteiger partial charge in [-0.1, -0.05) is 17.7 Å². The predicted octanol–water partition coefficient (Wildman–Crippen LogP) is 1.74. The molecule has 1 heterocycles. The molecule has 1 aliphatic rings. The van der Waals surface area contributed by atoms with Crippen LogP contribution >= 0.6 is 0 Å². The number of nitrogens with zero attached hydrogens (tertiary/aromatic N) is 1. The minimum Gasteiger partial charge on any atom is -0.357 e. The molecule has 0 bridgehead atoms. The second-order valence-corrected chi connectivity index (χ2v) is 4.76. The molecule has 1 atom stereocenters. The van der Waals surface area contributed by atoms with Gasteiger partial charge in [-0.2, -0.15) is 0 Å². The zero-order valence-corrected chi connectivity index (χ0v) is 11.3. The Bertz CT molecular complexity index is 470. The highest BCUT2D eigenvalue weighted by Crippen LogP contribution is 2.19. The van der Waals surface area contributed by atoms with Gasteiger partial charge in [-0.15, -0.1) is 0 Å². The summed E-state index contributed by atoms with van der Waals surface area (Å²) in [5, 5.41) is 5.43. The Morgan fingerprint density at radius 3 is 2.58 bits per heavy atom. The van der Waals surface area contributed by atoms with Crippen LogP contribution in [0.15, 0.2) is 24.3 Å². The van der Waals surface area contributed by atoms with Crippen LogP contribution < -0.4 is 10.6 Å². The third kappa shape index (κ3) is 3.05. The Kier molecular flexibility index (Phi) is 4.04. The van der Waals surface area contributed by atoms with Crippen LogP contribution in [0.2, 0.25) is 0 Å². The molecule has 1 saturated heterocycles. The summed E-state index contributed by atoms with van der Waals surface area (Å²) >= 11 is 0. The quantitative estimate of drug-likeness (QED) is 0.851. The number of carbonyl (C=O) groups is 2. The maximum Gasteiger partial charge on any atom is 0.322 e. The van der Waals surface area contributed by atoms with E-state index in [1.54, 1.807) is 11.9 Å². The number of hydrogen-bond donors (Lipinski definition) is 2. The van der Waals surface area contributed by atoms with Crippen molar-refractivity contribution in [3.63, 3.8) is 0 Å². The SMILES string of the molecule is CNC(=O)C1CCCN1C(=O)Nc1ccc(C)cc1. The molecule has 5 heteroatoms. The normalized spacial score (nSPS) is 18.2. The van der Waals surface area contributed by atoms with Crippen LogP contribution in [0, 0.1) is 6.92 Å². The summed E-state index contributed by atoms with van der Waals surface area (Å²) in [6.07, 6.45) is 1.58. The zero-order chi connectivity index (χ0) is 13.8. The van der Waals surface area contributed by atoms with Crippen LogP contribution in [0.4, 0.5) is 10.5 Å². The molecule has 2 rings (SSSR count). The molecule has 1 aliphatic heterocycles. The number of amides is 3. The maximum absolute atomic E-state index is 12.2. The van der Waals surface area contributed by atoms with Crippen molar-refractivity contribution in [2.45, 2.75) is 25.8 Å². The third-order valence-electron chi connectivity index (χ3n) is 3.37. The van der Waals surface area contributed by atoms with E-state index in [4.69, 9.17) is 0 Å². The first-order valence-corrected chi connectivity index (χ1v) is 6.47. The number of anilines is 1. The fourth-order valence-electron chi connectivity index (χ4n) is 2.28. The van der Waals surface area contributed by atoms with Gasteiger partial charge in [-0.05, 0) is 31.9 Å². The van der Waals surface area contributed by atoms with Crippen LogP contribution in [0.25, 0.3) is 0 Å². The monoisotopic (exact) mass is 261 g/mol. The molecule has 1 aromatic carbocycles. The highest BCUT2D eigenvalue weighted by molar-refractivity contribution is 5.94. The molecule has 0 aromatic heterocycles. The Morgan fingerprint density at radius 2 is 1.95 bits per heavy atom. The molecule has 0 spiro atoms. The molecule has 1 fully saturated rings. The molecule has 1 aromatic rings. The van der Waals surface area contributed by atoms with Gasteiger partial charge in [-0.25, -0.2) is 4.79 Å². The average molecular weight is 261 g/mol. The van der Waals surface area contributed by atoms with Gasteiger partial charge in [-0.3, -0.25) is 4.79 Å². The van der Waals surface area contributed by atoms with Crippen molar-refractivity contribution in [3.05, 3.63) is 29.8 Å². The summed E-state index contributed by atoms with van der Waals surface area (Å²) in [6.45, 7) is 2.61. The second-order valence-electron chi connectivity index (χ2n) is 4.76. The molecular formula is C14H19N3O2. The topological polar surface area (TPSA) is 61.4 Å². The fourth-order valence-corrected chi connectivity index (χ4v) is 2.28. The molecular weight excluding hydrogens is 242 g/mol. The summed E-state index contributed by atoms with van der Waals surface area (Å²) in [5.74, 6) is -0.100. The van der Waals surface area contributed by atoms with Gasteiger partial charge in [0.15, 0.2) is 0 Å². The first-order valence-electron chi connectivity index (χ1n) is 6.47. The first kappa shape index (κ1) is 13.4. The number of aryl methyl sites for hydroxylation is 1. The van der Waals surface area contributed by atoms with Gasteiger partial charge in [0.05, 0.1) is 0 Å². The molecule has 0 aliphatic carbocycles. The molecule has 0 saturated carbocycles.